The molecular weight excluding hydrogens is 486 g/mol. The predicted molar refractivity (Wildman–Crippen MR) is 139 cm³/mol. The zero-order valence-electron chi connectivity index (χ0n) is 20.7. The zero-order chi connectivity index (χ0) is 26.9. The van der Waals surface area contributed by atoms with Gasteiger partial charge in [0.15, 0.2) is 0 Å². The molecular formula is C28H27N5O5. The van der Waals surface area contributed by atoms with Gasteiger partial charge < -0.3 is 35.1 Å². The summed E-state index contributed by atoms with van der Waals surface area (Å²) in [6, 6.07) is 14.8. The smallest absolute Gasteiger partial charge is 0.268 e. The highest BCUT2D eigenvalue weighted by Gasteiger charge is 2.56. The number of aromatic amines is 1. The Kier molecular flexibility index (Phi) is 6.68. The van der Waals surface area contributed by atoms with Crippen LogP contribution in [0.5, 0.6) is 5.75 Å². The fraction of sp³-hybridized carbons (Fsp3) is 0.321. The normalized spacial score (nSPS) is 22.4. The predicted octanol–water partition coefficient (Wildman–Crippen LogP) is 1.73. The number of H-pyrrole nitrogens is 1. The van der Waals surface area contributed by atoms with Crippen molar-refractivity contribution in [3.8, 4) is 24.2 Å². The molecule has 1 spiro atoms. The number of hydrogen-bond acceptors (Lipinski definition) is 7. The number of amides is 2. The van der Waals surface area contributed by atoms with E-state index in [9.17, 15) is 20.0 Å². The fourth-order valence-electron chi connectivity index (χ4n) is 5.42. The molecule has 2 aromatic carbocycles. The van der Waals surface area contributed by atoms with Crippen molar-refractivity contribution in [2.45, 2.75) is 30.1 Å². The maximum atomic E-state index is 13.8. The van der Waals surface area contributed by atoms with Gasteiger partial charge in [-0.2, -0.15) is 5.26 Å². The molecule has 0 bridgehead atoms. The average Bonchev–Trinajstić information content (AvgIpc) is 3.62. The van der Waals surface area contributed by atoms with Gasteiger partial charge in [-0.1, -0.05) is 30.2 Å². The summed E-state index contributed by atoms with van der Waals surface area (Å²) in [7, 11) is 1.54. The van der Waals surface area contributed by atoms with Crippen LogP contribution in [0.2, 0.25) is 0 Å². The van der Waals surface area contributed by atoms with Gasteiger partial charge >= 0.3 is 0 Å². The molecule has 3 aromatic rings. The third kappa shape index (κ3) is 4.20. The lowest BCUT2D eigenvalue weighted by molar-refractivity contribution is -0.135. The van der Waals surface area contributed by atoms with Gasteiger partial charge in [0.05, 0.1) is 25.2 Å². The molecule has 0 radical (unpaired) electrons. The molecule has 38 heavy (non-hydrogen) atoms. The van der Waals surface area contributed by atoms with Crippen LogP contribution in [-0.2, 0) is 14.9 Å². The Morgan fingerprint density at radius 2 is 2.13 bits per heavy atom. The second-order valence-electron chi connectivity index (χ2n) is 9.41. The Hall–Kier alpha value is -4.51. The molecule has 0 saturated carbocycles. The van der Waals surface area contributed by atoms with Gasteiger partial charge in [0, 0.05) is 23.1 Å². The van der Waals surface area contributed by atoms with Gasteiger partial charge in [-0.25, -0.2) is 0 Å². The third-order valence-corrected chi connectivity index (χ3v) is 7.26. The number of carbonyl (C=O) groups is 2. The summed E-state index contributed by atoms with van der Waals surface area (Å²) in [5.41, 5.74) is 1.70. The topological polar surface area (TPSA) is 140 Å². The van der Waals surface area contributed by atoms with Crippen LogP contribution in [-0.4, -0.2) is 72.0 Å². The molecule has 10 heteroatoms. The van der Waals surface area contributed by atoms with Crippen LogP contribution in [0.3, 0.4) is 0 Å². The second-order valence-corrected chi connectivity index (χ2v) is 9.41. The van der Waals surface area contributed by atoms with Crippen LogP contribution < -0.4 is 15.4 Å². The van der Waals surface area contributed by atoms with E-state index in [0.717, 1.165) is 16.6 Å². The molecule has 2 aliphatic rings. The quantitative estimate of drug-likeness (QED) is 0.279. The van der Waals surface area contributed by atoms with Gasteiger partial charge in [-0.3, -0.25) is 9.59 Å². The van der Waals surface area contributed by atoms with Crippen LogP contribution >= 0.6 is 0 Å². The van der Waals surface area contributed by atoms with Crippen molar-refractivity contribution in [2.75, 3.05) is 32.2 Å². The Morgan fingerprint density at radius 1 is 1.32 bits per heavy atom. The van der Waals surface area contributed by atoms with E-state index in [4.69, 9.17) is 15.9 Å². The molecule has 1 aromatic heterocycles. The number of hydrogen-bond donors (Lipinski definition) is 4. The van der Waals surface area contributed by atoms with Crippen LogP contribution in [0, 0.1) is 23.7 Å². The Labute approximate surface area is 219 Å². The highest BCUT2D eigenvalue weighted by atomic mass is 16.5. The standard InChI is InChI=1S/C28H27N5O5/c1-3-11-38-15-23(31-25(34)22-12-18-20(30-22)9-6-10-24(18)37-2)26(35)33-16-28(13-17(33)14-29)19-7-4-5-8-21(19)32-27(28)36/h1,4-10,12,17,23,27,30,32,36H,11,13,15-16H2,2H3,(H,31,34)/t17-,23-,27?,28-/m0/s1. The number of ether oxygens (including phenoxy) is 2. The van der Waals surface area contributed by atoms with E-state index in [0.29, 0.717) is 11.3 Å². The highest BCUT2D eigenvalue weighted by molar-refractivity contribution is 6.01. The molecule has 0 aliphatic carbocycles. The number of nitrogens with one attached hydrogen (secondary N) is 3. The molecule has 5 rings (SSSR count). The number of benzene rings is 2. The molecule has 10 nitrogen and oxygen atoms in total. The van der Waals surface area contributed by atoms with E-state index in [1.54, 1.807) is 25.3 Å². The number of rotatable bonds is 7. The van der Waals surface area contributed by atoms with Crippen molar-refractivity contribution in [3.05, 3.63) is 59.8 Å². The van der Waals surface area contributed by atoms with Crippen molar-refractivity contribution < 1.29 is 24.2 Å². The first-order valence-electron chi connectivity index (χ1n) is 12.1. The van der Waals surface area contributed by atoms with Crippen molar-refractivity contribution >= 4 is 28.4 Å². The number of likely N-dealkylation sites (tertiary alicyclic amines) is 1. The minimum absolute atomic E-state index is 0.0507. The van der Waals surface area contributed by atoms with Crippen LogP contribution in [0.4, 0.5) is 5.69 Å². The molecule has 3 heterocycles. The number of anilines is 1. The maximum Gasteiger partial charge on any atom is 0.268 e. The first-order valence-corrected chi connectivity index (χ1v) is 12.1. The van der Waals surface area contributed by atoms with E-state index < -0.39 is 35.5 Å². The number of aliphatic hydroxyl groups excluding tert-OH is 1. The number of methoxy groups -OCH3 is 1. The highest BCUT2D eigenvalue weighted by Crippen LogP contribution is 2.48. The first-order chi connectivity index (χ1) is 18.4. The van der Waals surface area contributed by atoms with Gasteiger partial charge in [0.2, 0.25) is 5.91 Å². The maximum absolute atomic E-state index is 13.8. The van der Waals surface area contributed by atoms with Crippen LogP contribution in [0.25, 0.3) is 10.9 Å². The molecule has 1 saturated heterocycles. The number of aliphatic hydroxyl groups is 1. The lowest BCUT2D eigenvalue weighted by Gasteiger charge is -2.29. The largest absolute Gasteiger partial charge is 0.496 e. The lowest BCUT2D eigenvalue weighted by Crippen LogP contribution is -2.53. The zero-order valence-corrected chi connectivity index (χ0v) is 20.7. The van der Waals surface area contributed by atoms with E-state index in [1.165, 1.54) is 4.90 Å². The summed E-state index contributed by atoms with van der Waals surface area (Å²) in [5, 5.41) is 27.4. The van der Waals surface area contributed by atoms with Crippen molar-refractivity contribution in [3.63, 3.8) is 0 Å². The summed E-state index contributed by atoms with van der Waals surface area (Å²) in [4.78, 5) is 31.5. The summed E-state index contributed by atoms with van der Waals surface area (Å²) in [6.07, 6.45) is 4.58. The van der Waals surface area contributed by atoms with Crippen molar-refractivity contribution in [1.29, 1.82) is 5.26 Å². The Balaban J connectivity index is 1.41. The van der Waals surface area contributed by atoms with Crippen molar-refractivity contribution in [1.82, 2.24) is 15.2 Å². The summed E-state index contributed by atoms with van der Waals surface area (Å²) in [5.74, 6) is 1.93. The third-order valence-electron chi connectivity index (χ3n) is 7.26. The van der Waals surface area contributed by atoms with Crippen molar-refractivity contribution in [2.24, 2.45) is 0 Å². The number of nitrogens with zero attached hydrogens (tertiary/aromatic N) is 2. The Morgan fingerprint density at radius 3 is 2.89 bits per heavy atom. The summed E-state index contributed by atoms with van der Waals surface area (Å²) >= 11 is 0. The molecule has 194 valence electrons. The average molecular weight is 514 g/mol. The van der Waals surface area contributed by atoms with E-state index >= 15 is 0 Å². The lowest BCUT2D eigenvalue weighted by atomic mass is 9.79. The van der Waals surface area contributed by atoms with Crippen LogP contribution in [0.1, 0.15) is 22.5 Å². The number of nitriles is 1. The molecule has 4 N–H and O–H groups in total. The van der Waals surface area contributed by atoms with E-state index in [2.05, 4.69) is 27.6 Å². The number of para-hydroxylation sites is 1. The minimum atomic E-state index is -1.11. The number of carbonyl (C=O) groups excluding carboxylic acids is 2. The first kappa shape index (κ1) is 25.2. The number of aromatic nitrogens is 1. The van der Waals surface area contributed by atoms with Gasteiger partial charge in [-0.05, 0) is 36.2 Å². The van der Waals surface area contributed by atoms with Gasteiger partial charge in [-0.15, -0.1) is 6.42 Å². The number of fused-ring (bicyclic) bond motifs is 3. The molecule has 1 fully saturated rings. The Bertz CT molecular complexity index is 1470. The molecule has 4 atom stereocenters. The monoisotopic (exact) mass is 513 g/mol. The molecule has 1 unspecified atom stereocenters. The molecule has 2 amide bonds. The SMILES string of the molecule is C#CCOC[C@H](NC(=O)c1cc2c(OC)cccc2[nH]1)C(=O)N1C[C@@]2(C[C@H]1C#N)c1ccccc1NC2O. The summed E-state index contributed by atoms with van der Waals surface area (Å²) < 4.78 is 10.8. The van der Waals surface area contributed by atoms with Gasteiger partial charge in [0.25, 0.3) is 5.91 Å². The second kappa shape index (κ2) is 10.1. The molecule has 2 aliphatic heterocycles. The van der Waals surface area contributed by atoms with E-state index in [1.807, 2.05) is 30.3 Å². The fourth-order valence-corrected chi connectivity index (χ4v) is 5.42. The van der Waals surface area contributed by atoms with Gasteiger partial charge in [0.1, 0.15) is 36.4 Å². The summed E-state index contributed by atoms with van der Waals surface area (Å²) in [6.45, 7) is -0.136. The minimum Gasteiger partial charge on any atom is -0.496 e. The number of terminal acetylenes is 1. The van der Waals surface area contributed by atoms with Crippen LogP contribution in [0.15, 0.2) is 48.5 Å². The van der Waals surface area contributed by atoms with E-state index in [-0.39, 0.29) is 31.9 Å².